The van der Waals surface area contributed by atoms with Gasteiger partial charge in [-0.15, -0.1) is 0 Å². The van der Waals surface area contributed by atoms with Crippen molar-refractivity contribution in [3.05, 3.63) is 69.9 Å². The summed E-state index contributed by atoms with van der Waals surface area (Å²) in [7, 11) is 0. The van der Waals surface area contributed by atoms with Crippen LogP contribution in [0, 0.1) is 0 Å². The maximum Gasteiger partial charge on any atom is 0.251 e. The van der Waals surface area contributed by atoms with Crippen LogP contribution in [-0.4, -0.2) is 16.7 Å². The number of aryl methyl sites for hydroxylation is 1. The first-order chi connectivity index (χ1) is 12.5. The van der Waals surface area contributed by atoms with Crippen LogP contribution in [0.2, 0.25) is 5.02 Å². The van der Waals surface area contributed by atoms with Gasteiger partial charge >= 0.3 is 0 Å². The van der Waals surface area contributed by atoms with Crippen molar-refractivity contribution in [2.24, 2.45) is 0 Å². The zero-order valence-corrected chi connectivity index (χ0v) is 15.6. The molecule has 1 amide bonds. The summed E-state index contributed by atoms with van der Waals surface area (Å²) in [4.78, 5) is 27.8. The first kappa shape index (κ1) is 18.2. The fourth-order valence-corrected chi connectivity index (χ4v) is 3.36. The molecule has 1 heterocycles. The molecule has 0 atom stereocenters. The van der Waals surface area contributed by atoms with E-state index in [1.54, 1.807) is 25.1 Å². The maximum atomic E-state index is 12.5. The SMILES string of the molecule is CCCc1[nH]c2cc(C(=O)NCc3ccccc3Cl)ccc2c1C(C)=O. The first-order valence-electron chi connectivity index (χ1n) is 8.68. The van der Waals surface area contributed by atoms with Gasteiger partial charge in [0.1, 0.15) is 0 Å². The molecule has 2 aromatic carbocycles. The van der Waals surface area contributed by atoms with Crippen LogP contribution in [0.4, 0.5) is 0 Å². The fourth-order valence-electron chi connectivity index (χ4n) is 3.15. The summed E-state index contributed by atoms with van der Waals surface area (Å²) in [5, 5.41) is 4.38. The Labute approximate surface area is 157 Å². The number of carbonyl (C=O) groups is 2. The summed E-state index contributed by atoms with van der Waals surface area (Å²) in [6.45, 7) is 4.01. The van der Waals surface area contributed by atoms with Gasteiger partial charge in [0.05, 0.1) is 0 Å². The summed E-state index contributed by atoms with van der Waals surface area (Å²) in [6.07, 6.45) is 1.75. The number of halogens is 1. The molecular formula is C21H21ClN2O2. The van der Waals surface area contributed by atoms with E-state index < -0.39 is 0 Å². The third-order valence-electron chi connectivity index (χ3n) is 4.39. The summed E-state index contributed by atoms with van der Waals surface area (Å²) >= 11 is 6.12. The molecule has 2 N–H and O–H groups in total. The van der Waals surface area contributed by atoms with Crippen LogP contribution in [-0.2, 0) is 13.0 Å². The van der Waals surface area contributed by atoms with Gasteiger partial charge in [0.2, 0.25) is 0 Å². The van der Waals surface area contributed by atoms with Crippen LogP contribution in [0.3, 0.4) is 0 Å². The van der Waals surface area contributed by atoms with Crippen LogP contribution in [0.25, 0.3) is 10.9 Å². The second-order valence-corrected chi connectivity index (χ2v) is 6.73. The number of hydrogen-bond donors (Lipinski definition) is 2. The minimum atomic E-state index is -0.178. The molecule has 0 radical (unpaired) electrons. The summed E-state index contributed by atoms with van der Waals surface area (Å²) in [5.41, 5.74) is 3.88. The topological polar surface area (TPSA) is 62.0 Å². The van der Waals surface area contributed by atoms with Crippen molar-refractivity contribution in [3.63, 3.8) is 0 Å². The molecule has 1 aromatic heterocycles. The van der Waals surface area contributed by atoms with E-state index >= 15 is 0 Å². The van der Waals surface area contributed by atoms with E-state index in [0.29, 0.717) is 17.1 Å². The molecule has 0 fully saturated rings. The largest absolute Gasteiger partial charge is 0.358 e. The van der Waals surface area contributed by atoms with Crippen molar-refractivity contribution < 1.29 is 9.59 Å². The lowest BCUT2D eigenvalue weighted by Gasteiger charge is -2.07. The van der Waals surface area contributed by atoms with E-state index in [4.69, 9.17) is 11.6 Å². The monoisotopic (exact) mass is 368 g/mol. The fraction of sp³-hybridized carbons (Fsp3) is 0.238. The highest BCUT2D eigenvalue weighted by Gasteiger charge is 2.16. The number of benzene rings is 2. The molecule has 0 bridgehead atoms. The Hall–Kier alpha value is -2.59. The third-order valence-corrected chi connectivity index (χ3v) is 4.76. The predicted molar refractivity (Wildman–Crippen MR) is 105 cm³/mol. The van der Waals surface area contributed by atoms with Crippen LogP contribution in [0.5, 0.6) is 0 Å². The zero-order chi connectivity index (χ0) is 18.7. The van der Waals surface area contributed by atoms with Gasteiger partial charge in [0.25, 0.3) is 5.91 Å². The number of aromatic amines is 1. The molecular weight excluding hydrogens is 348 g/mol. The Morgan fingerprint density at radius 2 is 1.92 bits per heavy atom. The van der Waals surface area contributed by atoms with Crippen molar-refractivity contribution in [3.8, 4) is 0 Å². The number of aromatic nitrogens is 1. The van der Waals surface area contributed by atoms with Crippen molar-refractivity contribution in [1.82, 2.24) is 10.3 Å². The lowest BCUT2D eigenvalue weighted by atomic mass is 10.0. The average Bonchev–Trinajstić information content (AvgIpc) is 2.98. The number of Topliss-reactive ketones (excluding diaryl/α,β-unsaturated/α-hetero) is 1. The van der Waals surface area contributed by atoms with Crippen LogP contribution >= 0.6 is 11.6 Å². The lowest BCUT2D eigenvalue weighted by molar-refractivity contribution is 0.0950. The number of ketones is 1. The van der Waals surface area contributed by atoms with Gasteiger partial charge in [0.15, 0.2) is 5.78 Å². The van der Waals surface area contributed by atoms with Gasteiger partial charge in [-0.2, -0.15) is 0 Å². The molecule has 134 valence electrons. The van der Waals surface area contributed by atoms with Gasteiger partial charge in [-0.3, -0.25) is 9.59 Å². The second-order valence-electron chi connectivity index (χ2n) is 6.32. The van der Waals surface area contributed by atoms with Crippen LogP contribution < -0.4 is 5.32 Å². The molecule has 0 unspecified atom stereocenters. The molecule has 0 aliphatic carbocycles. The minimum absolute atomic E-state index is 0.0376. The quantitative estimate of drug-likeness (QED) is 0.607. The average molecular weight is 369 g/mol. The van der Waals surface area contributed by atoms with Crippen molar-refractivity contribution in [1.29, 1.82) is 0 Å². The first-order valence-corrected chi connectivity index (χ1v) is 9.06. The Kier molecular flexibility index (Phi) is 5.43. The van der Waals surface area contributed by atoms with E-state index in [2.05, 4.69) is 17.2 Å². The molecule has 0 aliphatic heterocycles. The smallest absolute Gasteiger partial charge is 0.251 e. The van der Waals surface area contributed by atoms with Crippen LogP contribution in [0.1, 0.15) is 52.2 Å². The normalized spacial score (nSPS) is 10.9. The molecule has 0 spiro atoms. The van der Waals surface area contributed by atoms with Crippen molar-refractivity contribution >= 4 is 34.2 Å². The molecule has 0 saturated carbocycles. The Balaban J connectivity index is 1.85. The highest BCUT2D eigenvalue weighted by atomic mass is 35.5. The predicted octanol–water partition coefficient (Wildman–Crippen LogP) is 4.91. The van der Waals surface area contributed by atoms with Crippen molar-refractivity contribution in [2.45, 2.75) is 33.2 Å². The van der Waals surface area contributed by atoms with Gasteiger partial charge in [-0.25, -0.2) is 0 Å². The van der Waals surface area contributed by atoms with Crippen LogP contribution in [0.15, 0.2) is 42.5 Å². The van der Waals surface area contributed by atoms with E-state index in [1.807, 2.05) is 24.3 Å². The highest BCUT2D eigenvalue weighted by molar-refractivity contribution is 6.31. The molecule has 4 nitrogen and oxygen atoms in total. The number of amides is 1. The number of H-pyrrole nitrogens is 1. The second kappa shape index (κ2) is 7.75. The number of hydrogen-bond acceptors (Lipinski definition) is 2. The Bertz CT molecular complexity index is 975. The van der Waals surface area contributed by atoms with E-state index in [-0.39, 0.29) is 11.7 Å². The Morgan fingerprint density at radius 1 is 1.15 bits per heavy atom. The molecule has 5 heteroatoms. The zero-order valence-electron chi connectivity index (χ0n) is 14.9. The van der Waals surface area contributed by atoms with E-state index in [0.717, 1.165) is 40.6 Å². The van der Waals surface area contributed by atoms with Gasteiger partial charge in [-0.1, -0.05) is 49.2 Å². The Morgan fingerprint density at radius 3 is 2.62 bits per heavy atom. The van der Waals surface area contributed by atoms with E-state index in [9.17, 15) is 9.59 Å². The summed E-state index contributed by atoms with van der Waals surface area (Å²) < 4.78 is 0. The van der Waals surface area contributed by atoms with Gasteiger partial charge in [-0.05, 0) is 37.1 Å². The summed E-state index contributed by atoms with van der Waals surface area (Å²) in [5.74, 6) is -0.140. The lowest BCUT2D eigenvalue weighted by Crippen LogP contribution is -2.22. The van der Waals surface area contributed by atoms with Gasteiger partial charge < -0.3 is 10.3 Å². The molecule has 3 aromatic rings. The number of rotatable bonds is 6. The highest BCUT2D eigenvalue weighted by Crippen LogP contribution is 2.25. The number of carbonyl (C=O) groups excluding carboxylic acids is 2. The molecule has 3 rings (SSSR count). The third kappa shape index (κ3) is 3.65. The van der Waals surface area contributed by atoms with Crippen molar-refractivity contribution in [2.75, 3.05) is 0 Å². The molecule has 0 aliphatic rings. The number of fused-ring (bicyclic) bond motifs is 1. The van der Waals surface area contributed by atoms with E-state index in [1.165, 1.54) is 0 Å². The summed E-state index contributed by atoms with van der Waals surface area (Å²) in [6, 6.07) is 12.8. The minimum Gasteiger partial charge on any atom is -0.358 e. The number of nitrogens with one attached hydrogen (secondary N) is 2. The molecule has 26 heavy (non-hydrogen) atoms. The molecule has 0 saturated heterocycles. The maximum absolute atomic E-state index is 12.5. The van der Waals surface area contributed by atoms with Gasteiger partial charge in [0, 0.05) is 39.3 Å². The standard InChI is InChI=1S/C21H21ClN2O2/c1-3-6-18-20(13(2)25)16-10-9-14(11-19(16)24-18)21(26)23-12-15-7-4-5-8-17(15)22/h4-5,7-11,24H,3,6,12H2,1-2H3,(H,23,26).